The molecule has 1 aromatic heterocycles. The lowest BCUT2D eigenvalue weighted by molar-refractivity contribution is -0.127. The van der Waals surface area contributed by atoms with Crippen LogP contribution >= 0.6 is 11.6 Å². The molecule has 3 heterocycles. The van der Waals surface area contributed by atoms with E-state index in [-0.39, 0.29) is 15.8 Å². The molecule has 0 N–H and O–H groups in total. The van der Waals surface area contributed by atoms with Crippen LogP contribution < -0.4 is 4.90 Å². The van der Waals surface area contributed by atoms with Crippen molar-refractivity contribution in [3.8, 4) is 0 Å². The number of piperidine rings is 1. The van der Waals surface area contributed by atoms with Crippen LogP contribution in [0.25, 0.3) is 10.9 Å². The Bertz CT molecular complexity index is 1300. The molecule has 2 aromatic carbocycles. The molecule has 32 heavy (non-hydrogen) atoms. The Labute approximate surface area is 192 Å². The number of benzene rings is 2. The van der Waals surface area contributed by atoms with Crippen molar-refractivity contribution in [2.45, 2.75) is 37.6 Å². The molecular weight excluding hydrogens is 448 g/mol. The SMILES string of the molecule is CCn1cc2cc(N3CCC4(CCN(S(=O)(=O)c5ccccc5Cl)CC4)C3=O)ccc2n1. The van der Waals surface area contributed by atoms with Crippen LogP contribution in [-0.2, 0) is 21.4 Å². The van der Waals surface area contributed by atoms with Gasteiger partial charge in [-0.25, -0.2) is 8.42 Å². The van der Waals surface area contributed by atoms with Crippen LogP contribution in [0.15, 0.2) is 53.6 Å². The second kappa shape index (κ2) is 7.86. The molecular formula is C23H25ClN4O3S. The monoisotopic (exact) mass is 472 g/mol. The first-order valence-corrected chi connectivity index (χ1v) is 12.7. The lowest BCUT2D eigenvalue weighted by Gasteiger charge is -2.37. The van der Waals surface area contributed by atoms with Gasteiger partial charge in [-0.15, -0.1) is 0 Å². The Balaban J connectivity index is 1.34. The van der Waals surface area contributed by atoms with Crippen LogP contribution in [0, 0.1) is 5.41 Å². The van der Waals surface area contributed by atoms with E-state index in [0.717, 1.165) is 29.6 Å². The third-order valence-electron chi connectivity index (χ3n) is 6.82. The average molecular weight is 473 g/mol. The summed E-state index contributed by atoms with van der Waals surface area (Å²) in [6.07, 6.45) is 3.76. The highest BCUT2D eigenvalue weighted by atomic mass is 35.5. The second-order valence-electron chi connectivity index (χ2n) is 8.55. The number of aromatic nitrogens is 2. The number of amides is 1. The lowest BCUT2D eigenvalue weighted by atomic mass is 9.77. The summed E-state index contributed by atoms with van der Waals surface area (Å²) in [7, 11) is -3.68. The number of rotatable bonds is 4. The molecule has 0 unspecified atom stereocenters. The number of sulfonamides is 1. The Morgan fingerprint density at radius 1 is 1.06 bits per heavy atom. The van der Waals surface area contributed by atoms with Crippen LogP contribution in [0.3, 0.4) is 0 Å². The fourth-order valence-electron chi connectivity index (χ4n) is 4.87. The third kappa shape index (κ3) is 3.41. The number of carbonyl (C=O) groups is 1. The molecule has 0 aliphatic carbocycles. The molecule has 0 bridgehead atoms. The average Bonchev–Trinajstić information content (AvgIpc) is 3.35. The van der Waals surface area contributed by atoms with Gasteiger partial charge in [0.05, 0.1) is 16.0 Å². The molecule has 7 nitrogen and oxygen atoms in total. The van der Waals surface area contributed by atoms with Crippen molar-refractivity contribution in [1.82, 2.24) is 14.1 Å². The first kappa shape index (κ1) is 21.4. The van der Waals surface area contributed by atoms with Crippen molar-refractivity contribution in [3.05, 3.63) is 53.7 Å². The van der Waals surface area contributed by atoms with Crippen molar-refractivity contribution in [2.75, 3.05) is 24.5 Å². The Morgan fingerprint density at radius 2 is 1.78 bits per heavy atom. The zero-order valence-corrected chi connectivity index (χ0v) is 19.4. The maximum absolute atomic E-state index is 13.5. The topological polar surface area (TPSA) is 75.5 Å². The minimum Gasteiger partial charge on any atom is -0.312 e. The number of hydrogen-bond donors (Lipinski definition) is 0. The summed E-state index contributed by atoms with van der Waals surface area (Å²) in [4.78, 5) is 15.4. The molecule has 2 aliphatic heterocycles. The minimum atomic E-state index is -3.68. The van der Waals surface area contributed by atoms with Gasteiger partial charge >= 0.3 is 0 Å². The first-order chi connectivity index (χ1) is 15.3. The highest BCUT2D eigenvalue weighted by Crippen LogP contribution is 2.44. The van der Waals surface area contributed by atoms with Crippen LogP contribution in [0.5, 0.6) is 0 Å². The summed E-state index contributed by atoms with van der Waals surface area (Å²) in [6, 6.07) is 12.4. The van der Waals surface area contributed by atoms with Crippen molar-refractivity contribution in [1.29, 1.82) is 0 Å². The van der Waals surface area contributed by atoms with Crippen molar-refractivity contribution in [3.63, 3.8) is 0 Å². The smallest absolute Gasteiger partial charge is 0.244 e. The zero-order valence-electron chi connectivity index (χ0n) is 17.9. The maximum atomic E-state index is 13.5. The molecule has 5 rings (SSSR count). The van der Waals surface area contributed by atoms with Crippen molar-refractivity contribution >= 4 is 44.1 Å². The van der Waals surface area contributed by atoms with E-state index in [1.807, 2.05) is 40.9 Å². The highest BCUT2D eigenvalue weighted by molar-refractivity contribution is 7.89. The van der Waals surface area contributed by atoms with E-state index in [2.05, 4.69) is 5.10 Å². The number of anilines is 1. The molecule has 0 atom stereocenters. The van der Waals surface area contributed by atoms with Gasteiger partial charge in [-0.2, -0.15) is 9.40 Å². The van der Waals surface area contributed by atoms with Crippen LogP contribution in [0.1, 0.15) is 26.2 Å². The largest absolute Gasteiger partial charge is 0.312 e. The molecule has 0 radical (unpaired) electrons. The summed E-state index contributed by atoms with van der Waals surface area (Å²) >= 11 is 6.14. The van der Waals surface area contributed by atoms with Gasteiger partial charge in [-0.05, 0) is 56.5 Å². The van der Waals surface area contributed by atoms with Gasteiger partial charge in [0.15, 0.2) is 0 Å². The van der Waals surface area contributed by atoms with Gasteiger partial charge < -0.3 is 4.90 Å². The Hall–Kier alpha value is -2.42. The summed E-state index contributed by atoms with van der Waals surface area (Å²) in [6.45, 7) is 4.11. The highest BCUT2D eigenvalue weighted by Gasteiger charge is 2.50. The first-order valence-electron chi connectivity index (χ1n) is 10.9. The fourth-order valence-corrected chi connectivity index (χ4v) is 6.81. The van der Waals surface area contributed by atoms with E-state index in [9.17, 15) is 13.2 Å². The number of aryl methyl sites for hydroxylation is 1. The quantitative estimate of drug-likeness (QED) is 0.576. The van der Waals surface area contributed by atoms with Gasteiger partial charge in [0.25, 0.3) is 0 Å². The second-order valence-corrected chi connectivity index (χ2v) is 10.9. The molecule has 2 aliphatic rings. The molecule has 2 saturated heterocycles. The zero-order chi connectivity index (χ0) is 22.5. The van der Waals surface area contributed by atoms with Crippen molar-refractivity contribution in [2.24, 2.45) is 5.41 Å². The summed E-state index contributed by atoms with van der Waals surface area (Å²) < 4.78 is 29.5. The van der Waals surface area contributed by atoms with E-state index in [0.29, 0.717) is 32.5 Å². The van der Waals surface area contributed by atoms with Crippen LogP contribution in [0.2, 0.25) is 5.02 Å². The molecule has 9 heteroatoms. The summed E-state index contributed by atoms with van der Waals surface area (Å²) in [5, 5.41) is 5.74. The van der Waals surface area contributed by atoms with Gasteiger partial charge in [0.2, 0.25) is 15.9 Å². The number of fused-ring (bicyclic) bond motifs is 1. The third-order valence-corrected chi connectivity index (χ3v) is 9.22. The standard InChI is InChI=1S/C23H25ClN4O3S/c1-2-26-16-17-15-18(7-8-20(17)25-26)28-14-11-23(22(28)29)9-12-27(13-10-23)32(30,31)21-6-4-3-5-19(21)24/h3-8,15-16H,2,9-14H2,1H3. The minimum absolute atomic E-state index is 0.0922. The number of nitrogens with zero attached hydrogens (tertiary/aromatic N) is 4. The van der Waals surface area contributed by atoms with Gasteiger partial charge in [-0.1, -0.05) is 23.7 Å². The van der Waals surface area contributed by atoms with Crippen LogP contribution in [0.4, 0.5) is 5.69 Å². The number of halogens is 1. The maximum Gasteiger partial charge on any atom is 0.244 e. The summed E-state index contributed by atoms with van der Waals surface area (Å²) in [5.41, 5.74) is 1.28. The van der Waals surface area contributed by atoms with E-state index in [1.54, 1.807) is 18.2 Å². The number of hydrogen-bond acceptors (Lipinski definition) is 4. The Kier molecular flexibility index (Phi) is 5.27. The fraction of sp³-hybridized carbons (Fsp3) is 0.391. The van der Waals surface area contributed by atoms with E-state index >= 15 is 0 Å². The predicted octanol–water partition coefficient (Wildman–Crippen LogP) is 3.92. The van der Waals surface area contributed by atoms with E-state index in [1.165, 1.54) is 10.4 Å². The van der Waals surface area contributed by atoms with Gasteiger partial charge in [-0.3, -0.25) is 9.48 Å². The summed E-state index contributed by atoms with van der Waals surface area (Å²) in [5.74, 6) is 0.0922. The molecule has 2 fully saturated rings. The molecule has 0 saturated carbocycles. The molecule has 1 amide bonds. The van der Waals surface area contributed by atoms with Gasteiger partial charge in [0, 0.05) is 43.4 Å². The van der Waals surface area contributed by atoms with Gasteiger partial charge in [0.1, 0.15) is 4.90 Å². The molecule has 3 aromatic rings. The van der Waals surface area contributed by atoms with Crippen molar-refractivity contribution < 1.29 is 13.2 Å². The van der Waals surface area contributed by atoms with E-state index < -0.39 is 15.4 Å². The predicted molar refractivity (Wildman–Crippen MR) is 124 cm³/mol. The number of carbonyl (C=O) groups excluding carboxylic acids is 1. The molecule has 1 spiro atoms. The van der Waals surface area contributed by atoms with Crippen LogP contribution in [-0.4, -0.2) is 48.0 Å². The normalized spacial score (nSPS) is 19.3. The lowest BCUT2D eigenvalue weighted by Crippen LogP contribution is -2.46. The van der Waals surface area contributed by atoms with E-state index in [4.69, 9.17) is 11.6 Å². The Morgan fingerprint density at radius 3 is 2.50 bits per heavy atom. The molecule has 168 valence electrons.